The van der Waals surface area contributed by atoms with Crippen molar-refractivity contribution < 1.29 is 13.2 Å². The van der Waals surface area contributed by atoms with Gasteiger partial charge in [0, 0.05) is 17.8 Å². The van der Waals surface area contributed by atoms with E-state index in [1.807, 2.05) is 20.8 Å². The number of aromatic nitrogens is 2. The summed E-state index contributed by atoms with van der Waals surface area (Å²) in [5.74, 6) is 0. The maximum atomic E-state index is 11.6. The molecule has 1 rings (SSSR count). The van der Waals surface area contributed by atoms with Crippen LogP contribution < -0.4 is 0 Å². The molecule has 1 unspecified atom stereocenters. The minimum Gasteiger partial charge on any atom is -0.380 e. The van der Waals surface area contributed by atoms with E-state index < -0.39 is 9.05 Å². The highest BCUT2D eigenvalue weighted by atomic mass is 35.7. The van der Waals surface area contributed by atoms with Crippen LogP contribution in [0.4, 0.5) is 0 Å². The van der Waals surface area contributed by atoms with Gasteiger partial charge in [-0.1, -0.05) is 13.8 Å². The van der Waals surface area contributed by atoms with Crippen LogP contribution in [0.15, 0.2) is 4.90 Å². The van der Waals surface area contributed by atoms with Crippen LogP contribution in [0, 0.1) is 0 Å². The van der Waals surface area contributed by atoms with Gasteiger partial charge in [-0.05, 0) is 19.8 Å². The molecule has 1 aromatic rings. The van der Waals surface area contributed by atoms with E-state index in [9.17, 15) is 8.42 Å². The molecule has 1 atom stereocenters. The molecule has 18 heavy (non-hydrogen) atoms. The molecule has 0 saturated heterocycles. The number of hydrogen-bond donors (Lipinski definition) is 0. The zero-order chi connectivity index (χ0) is 13.9. The molecule has 0 amide bonds. The highest BCUT2D eigenvalue weighted by molar-refractivity contribution is 8.13. The summed E-state index contributed by atoms with van der Waals surface area (Å²) >= 11 is 0. The number of aryl methyl sites for hydroxylation is 1. The van der Waals surface area contributed by atoms with Gasteiger partial charge >= 0.3 is 0 Å². The molecule has 1 aromatic heterocycles. The van der Waals surface area contributed by atoms with Crippen molar-refractivity contribution in [3.05, 3.63) is 11.4 Å². The van der Waals surface area contributed by atoms with Crippen molar-refractivity contribution in [2.75, 3.05) is 7.11 Å². The Hall–Kier alpha value is -0.590. The van der Waals surface area contributed by atoms with Gasteiger partial charge in [-0.15, -0.1) is 0 Å². The van der Waals surface area contributed by atoms with Gasteiger partial charge in [0.2, 0.25) is 0 Å². The number of ether oxygens (including phenoxy) is 1. The maximum absolute atomic E-state index is 11.6. The molecule has 0 fully saturated rings. The van der Waals surface area contributed by atoms with Crippen LogP contribution in [0.25, 0.3) is 0 Å². The molecule has 0 aliphatic heterocycles. The maximum Gasteiger partial charge on any atom is 0.264 e. The van der Waals surface area contributed by atoms with Crippen molar-refractivity contribution >= 4 is 19.7 Å². The Bertz CT molecular complexity index is 511. The molecule has 1 heterocycles. The molecule has 0 spiro atoms. The first-order chi connectivity index (χ1) is 8.35. The Kier molecular flexibility index (Phi) is 5.19. The lowest BCUT2D eigenvalue weighted by atomic mass is 10.2. The molecule has 0 radical (unpaired) electrons. The predicted molar refractivity (Wildman–Crippen MR) is 70.5 cm³/mol. The number of nitrogens with zero attached hydrogens (tertiary/aromatic N) is 2. The van der Waals surface area contributed by atoms with Gasteiger partial charge in [-0.2, -0.15) is 5.10 Å². The normalized spacial score (nSPS) is 13.8. The first-order valence-electron chi connectivity index (χ1n) is 5.91. The third kappa shape index (κ3) is 3.24. The summed E-state index contributed by atoms with van der Waals surface area (Å²) in [5.41, 5.74) is 1.16. The highest BCUT2D eigenvalue weighted by Gasteiger charge is 2.25. The van der Waals surface area contributed by atoms with E-state index in [0.717, 1.165) is 0 Å². The van der Waals surface area contributed by atoms with Gasteiger partial charge in [0.25, 0.3) is 9.05 Å². The fraction of sp³-hybridized carbons (Fsp3) is 0.727. The minimum absolute atomic E-state index is 0.0363. The average molecular weight is 295 g/mol. The van der Waals surface area contributed by atoms with Crippen LogP contribution >= 0.6 is 10.7 Å². The van der Waals surface area contributed by atoms with E-state index in [2.05, 4.69) is 5.10 Å². The lowest BCUT2D eigenvalue weighted by molar-refractivity contribution is 0.0988. The van der Waals surface area contributed by atoms with Gasteiger partial charge in [0.05, 0.1) is 24.0 Å². The average Bonchev–Trinajstić information content (AvgIpc) is 2.66. The van der Waals surface area contributed by atoms with Crippen LogP contribution in [0.5, 0.6) is 0 Å². The van der Waals surface area contributed by atoms with Crippen molar-refractivity contribution in [3.8, 4) is 0 Å². The van der Waals surface area contributed by atoms with Crippen LogP contribution in [0.2, 0.25) is 0 Å². The van der Waals surface area contributed by atoms with E-state index in [-0.39, 0.29) is 11.0 Å². The van der Waals surface area contributed by atoms with Crippen molar-refractivity contribution in [2.45, 2.75) is 51.2 Å². The van der Waals surface area contributed by atoms with Gasteiger partial charge in [-0.3, -0.25) is 4.68 Å². The summed E-state index contributed by atoms with van der Waals surface area (Å²) in [6.07, 6.45) is 1.05. The molecule has 0 aromatic carbocycles. The molecular weight excluding hydrogens is 276 g/mol. The van der Waals surface area contributed by atoms with E-state index >= 15 is 0 Å². The van der Waals surface area contributed by atoms with Crippen LogP contribution in [0.1, 0.15) is 32.2 Å². The van der Waals surface area contributed by atoms with Gasteiger partial charge in [-0.25, -0.2) is 8.42 Å². The molecule has 0 aliphatic rings. The van der Waals surface area contributed by atoms with E-state index in [1.165, 1.54) is 0 Å². The Balaban J connectivity index is 3.34. The smallest absolute Gasteiger partial charge is 0.264 e. The summed E-state index contributed by atoms with van der Waals surface area (Å²) in [6.45, 7) is 6.16. The predicted octanol–water partition coefficient (Wildman–Crippen LogP) is 1.97. The first kappa shape index (κ1) is 15.5. The number of rotatable bonds is 6. The molecule has 0 aliphatic carbocycles. The topological polar surface area (TPSA) is 61.2 Å². The Morgan fingerprint density at radius 2 is 2.00 bits per heavy atom. The SMILES string of the molecule is CCc1nn(CC(C)OC)c(CC)c1S(=O)(=O)Cl. The minimum atomic E-state index is -3.76. The molecule has 7 heteroatoms. The molecule has 0 N–H and O–H groups in total. The number of halogens is 1. The molecular formula is C11H19ClN2O3S. The van der Waals surface area contributed by atoms with Gasteiger partial charge in [0.15, 0.2) is 0 Å². The molecule has 5 nitrogen and oxygen atoms in total. The van der Waals surface area contributed by atoms with Crippen molar-refractivity contribution in [1.82, 2.24) is 9.78 Å². The molecule has 0 bridgehead atoms. The quantitative estimate of drug-likeness (QED) is 0.753. The van der Waals surface area contributed by atoms with Crippen LogP contribution in [-0.4, -0.2) is 31.4 Å². The van der Waals surface area contributed by atoms with Crippen molar-refractivity contribution in [1.29, 1.82) is 0 Å². The fourth-order valence-corrected chi connectivity index (χ4v) is 3.39. The summed E-state index contributed by atoms with van der Waals surface area (Å²) in [7, 11) is 3.35. The summed E-state index contributed by atoms with van der Waals surface area (Å²) in [6, 6.07) is 0. The van der Waals surface area contributed by atoms with Crippen LogP contribution in [-0.2, 0) is 33.2 Å². The summed E-state index contributed by atoms with van der Waals surface area (Å²) in [4.78, 5) is 0.164. The van der Waals surface area contributed by atoms with Crippen molar-refractivity contribution in [2.24, 2.45) is 0 Å². The second-order valence-electron chi connectivity index (χ2n) is 4.10. The molecule has 104 valence electrons. The lowest BCUT2D eigenvalue weighted by Gasteiger charge is -2.11. The number of methoxy groups -OCH3 is 1. The third-order valence-corrected chi connectivity index (χ3v) is 4.25. The van der Waals surface area contributed by atoms with Gasteiger partial charge < -0.3 is 4.74 Å². The number of hydrogen-bond acceptors (Lipinski definition) is 4. The fourth-order valence-electron chi connectivity index (χ4n) is 1.86. The lowest BCUT2D eigenvalue weighted by Crippen LogP contribution is -2.18. The Morgan fingerprint density at radius 1 is 1.39 bits per heavy atom. The zero-order valence-corrected chi connectivity index (χ0v) is 12.7. The van der Waals surface area contributed by atoms with Gasteiger partial charge in [0.1, 0.15) is 4.90 Å². The Labute approximate surface area is 113 Å². The second kappa shape index (κ2) is 6.04. The van der Waals surface area contributed by atoms with E-state index in [0.29, 0.717) is 30.8 Å². The largest absolute Gasteiger partial charge is 0.380 e. The summed E-state index contributed by atoms with van der Waals surface area (Å²) < 4.78 is 30.1. The Morgan fingerprint density at radius 3 is 2.39 bits per heavy atom. The zero-order valence-electron chi connectivity index (χ0n) is 11.1. The molecule has 0 saturated carbocycles. The second-order valence-corrected chi connectivity index (χ2v) is 6.60. The van der Waals surface area contributed by atoms with Crippen molar-refractivity contribution in [3.63, 3.8) is 0 Å². The van der Waals surface area contributed by atoms with Crippen LogP contribution in [0.3, 0.4) is 0 Å². The first-order valence-corrected chi connectivity index (χ1v) is 8.22. The standard InChI is InChI=1S/C11H19ClN2O3S/c1-5-9-11(18(12,15)16)10(6-2)14(13-9)7-8(3)17-4/h8H,5-7H2,1-4H3. The summed E-state index contributed by atoms with van der Waals surface area (Å²) in [5, 5.41) is 4.33. The van der Waals surface area contributed by atoms with E-state index in [1.54, 1.807) is 11.8 Å². The third-order valence-electron chi connectivity index (χ3n) is 2.82. The van der Waals surface area contributed by atoms with E-state index in [4.69, 9.17) is 15.4 Å². The highest BCUT2D eigenvalue weighted by Crippen LogP contribution is 2.25. The monoisotopic (exact) mass is 294 g/mol.